The number of esters is 1. The number of ether oxygens (including phenoxy) is 1. The summed E-state index contributed by atoms with van der Waals surface area (Å²) in [6.45, 7) is 0. The first-order valence-corrected chi connectivity index (χ1v) is 8.84. The molecule has 1 aliphatic heterocycles. The number of amides is 2. The van der Waals surface area contributed by atoms with E-state index < -0.39 is 5.97 Å². The number of halogens is 1. The monoisotopic (exact) mass is 357 g/mol. The van der Waals surface area contributed by atoms with Crippen molar-refractivity contribution in [1.29, 1.82) is 0 Å². The molecule has 4 aliphatic carbocycles. The van der Waals surface area contributed by atoms with Gasteiger partial charge in [-0.2, -0.15) is 0 Å². The molecule has 0 unspecified atom stereocenters. The van der Waals surface area contributed by atoms with Crippen LogP contribution in [0.2, 0.25) is 5.02 Å². The number of methoxy groups -OCH3 is 1. The maximum atomic E-state index is 13.1. The van der Waals surface area contributed by atoms with Gasteiger partial charge in [-0.05, 0) is 48.3 Å². The van der Waals surface area contributed by atoms with Crippen LogP contribution < -0.4 is 4.90 Å². The van der Waals surface area contributed by atoms with Crippen molar-refractivity contribution in [3.8, 4) is 0 Å². The van der Waals surface area contributed by atoms with Crippen LogP contribution >= 0.6 is 11.6 Å². The third-order valence-corrected chi connectivity index (χ3v) is 6.61. The van der Waals surface area contributed by atoms with Gasteiger partial charge in [-0.1, -0.05) is 23.8 Å². The molecular weight excluding hydrogens is 342 g/mol. The van der Waals surface area contributed by atoms with Crippen LogP contribution in [0.3, 0.4) is 0 Å². The summed E-state index contributed by atoms with van der Waals surface area (Å²) in [5, 5.41) is 0.232. The Morgan fingerprint density at radius 1 is 1.12 bits per heavy atom. The third kappa shape index (κ3) is 1.87. The topological polar surface area (TPSA) is 63.7 Å². The lowest BCUT2D eigenvalue weighted by Gasteiger charge is -2.37. The lowest BCUT2D eigenvalue weighted by atomic mass is 9.63. The zero-order chi connectivity index (χ0) is 17.5. The summed E-state index contributed by atoms with van der Waals surface area (Å²) in [5.41, 5.74) is 0.545. The van der Waals surface area contributed by atoms with E-state index in [1.54, 1.807) is 6.07 Å². The number of anilines is 1. The van der Waals surface area contributed by atoms with Crippen molar-refractivity contribution in [2.24, 2.45) is 35.5 Å². The second-order valence-electron chi connectivity index (χ2n) is 7.32. The van der Waals surface area contributed by atoms with Gasteiger partial charge in [-0.3, -0.25) is 9.59 Å². The van der Waals surface area contributed by atoms with Crippen molar-refractivity contribution in [2.75, 3.05) is 12.0 Å². The predicted molar refractivity (Wildman–Crippen MR) is 90.0 cm³/mol. The zero-order valence-corrected chi connectivity index (χ0v) is 14.3. The first-order valence-electron chi connectivity index (χ1n) is 8.47. The molecule has 1 aromatic carbocycles. The summed E-state index contributed by atoms with van der Waals surface area (Å²) >= 11 is 6.05. The van der Waals surface area contributed by atoms with Gasteiger partial charge >= 0.3 is 5.97 Å². The summed E-state index contributed by atoms with van der Waals surface area (Å²) in [5.74, 6) is 0.0456. The van der Waals surface area contributed by atoms with Crippen LogP contribution in [0, 0.1) is 35.5 Å². The van der Waals surface area contributed by atoms with Crippen molar-refractivity contribution in [1.82, 2.24) is 0 Å². The first kappa shape index (κ1) is 15.1. The summed E-state index contributed by atoms with van der Waals surface area (Å²) in [6.07, 6.45) is 5.40. The molecule has 1 aromatic rings. The molecule has 25 heavy (non-hydrogen) atoms. The molecule has 0 N–H and O–H groups in total. The standard InChI is InChI=1S/C19H16ClNO4/c1-25-19(24)13-6-8(2-5-14(13)20)21-17(22)15-9-3-4-10(12-7-11(9)12)16(15)18(21)23/h2-6,9-12,15-16H,7H2,1H3/t9-,10-,11-,12+,15+,16+/m1/s1. The number of imide groups is 1. The van der Waals surface area contributed by atoms with E-state index in [2.05, 4.69) is 12.2 Å². The van der Waals surface area contributed by atoms with Crippen LogP contribution in [0.25, 0.3) is 0 Å². The zero-order valence-electron chi connectivity index (χ0n) is 13.5. The predicted octanol–water partition coefficient (Wildman–Crippen LogP) is 2.68. The molecule has 3 fully saturated rings. The van der Waals surface area contributed by atoms with Gasteiger partial charge in [0.1, 0.15) is 0 Å². The Hall–Kier alpha value is -2.14. The average molecular weight is 358 g/mol. The third-order valence-electron chi connectivity index (χ3n) is 6.28. The van der Waals surface area contributed by atoms with Crippen molar-refractivity contribution in [3.63, 3.8) is 0 Å². The number of nitrogens with zero attached hydrogens (tertiary/aromatic N) is 1. The Kier molecular flexibility index (Phi) is 2.99. The van der Waals surface area contributed by atoms with Gasteiger partial charge in [0.05, 0.1) is 35.2 Å². The Bertz CT molecular complexity index is 827. The summed E-state index contributed by atoms with van der Waals surface area (Å²) in [6, 6.07) is 4.60. The number of benzene rings is 1. The molecule has 2 bridgehead atoms. The van der Waals surface area contributed by atoms with E-state index in [0.717, 1.165) is 6.42 Å². The Labute approximate surface area is 149 Å². The molecule has 6 heteroatoms. The van der Waals surface area contributed by atoms with Gasteiger partial charge in [0, 0.05) is 0 Å². The molecule has 0 spiro atoms. The minimum absolute atomic E-state index is 0.154. The summed E-state index contributed by atoms with van der Waals surface area (Å²) in [7, 11) is 1.27. The average Bonchev–Trinajstić information content (AvgIpc) is 3.39. The molecule has 5 nitrogen and oxygen atoms in total. The molecule has 6 rings (SSSR count). The lowest BCUT2D eigenvalue weighted by molar-refractivity contribution is -0.124. The second-order valence-corrected chi connectivity index (χ2v) is 7.73. The Morgan fingerprint density at radius 3 is 2.28 bits per heavy atom. The number of allylic oxidation sites excluding steroid dienone is 2. The highest BCUT2D eigenvalue weighted by molar-refractivity contribution is 6.34. The molecule has 1 heterocycles. The van der Waals surface area contributed by atoms with E-state index in [-0.39, 0.29) is 46.1 Å². The highest BCUT2D eigenvalue weighted by atomic mass is 35.5. The highest BCUT2D eigenvalue weighted by Gasteiger charge is 2.67. The Morgan fingerprint density at radius 2 is 1.72 bits per heavy atom. The highest BCUT2D eigenvalue weighted by Crippen LogP contribution is 2.65. The van der Waals surface area contributed by atoms with Crippen molar-refractivity contribution in [3.05, 3.63) is 40.9 Å². The van der Waals surface area contributed by atoms with E-state index in [1.807, 2.05) is 0 Å². The molecule has 2 amide bonds. The van der Waals surface area contributed by atoms with Crippen LogP contribution in [-0.4, -0.2) is 24.9 Å². The van der Waals surface area contributed by atoms with Crippen LogP contribution in [0.5, 0.6) is 0 Å². The van der Waals surface area contributed by atoms with E-state index >= 15 is 0 Å². The fourth-order valence-electron chi connectivity index (χ4n) is 5.13. The van der Waals surface area contributed by atoms with Gasteiger partial charge < -0.3 is 4.74 Å². The fraction of sp³-hybridized carbons (Fsp3) is 0.421. The number of carbonyl (C=O) groups is 3. The maximum Gasteiger partial charge on any atom is 0.339 e. The molecule has 128 valence electrons. The lowest BCUT2D eigenvalue weighted by Crippen LogP contribution is -2.40. The van der Waals surface area contributed by atoms with Gasteiger partial charge in [0.25, 0.3) is 0 Å². The molecule has 0 radical (unpaired) electrons. The number of hydrogen-bond acceptors (Lipinski definition) is 4. The van der Waals surface area contributed by atoms with Crippen LogP contribution in [-0.2, 0) is 14.3 Å². The molecule has 5 aliphatic rings. The molecule has 0 aromatic heterocycles. The van der Waals surface area contributed by atoms with Gasteiger partial charge in [0.2, 0.25) is 11.8 Å². The van der Waals surface area contributed by atoms with E-state index in [0.29, 0.717) is 17.5 Å². The number of rotatable bonds is 2. The van der Waals surface area contributed by atoms with E-state index in [9.17, 15) is 14.4 Å². The Balaban J connectivity index is 1.55. The molecule has 1 saturated heterocycles. The quantitative estimate of drug-likeness (QED) is 0.464. The smallest absolute Gasteiger partial charge is 0.339 e. The van der Waals surface area contributed by atoms with Crippen LogP contribution in [0.4, 0.5) is 5.69 Å². The van der Waals surface area contributed by atoms with E-state index in [1.165, 1.54) is 24.1 Å². The van der Waals surface area contributed by atoms with Crippen LogP contribution in [0.1, 0.15) is 16.8 Å². The minimum atomic E-state index is -0.591. The number of carbonyl (C=O) groups excluding carboxylic acids is 3. The summed E-state index contributed by atoms with van der Waals surface area (Å²) in [4.78, 5) is 39.2. The van der Waals surface area contributed by atoms with Gasteiger partial charge in [-0.25, -0.2) is 9.69 Å². The second kappa shape index (κ2) is 4.94. The molecular formula is C19H16ClNO4. The van der Waals surface area contributed by atoms with Gasteiger partial charge in [-0.15, -0.1) is 0 Å². The van der Waals surface area contributed by atoms with Crippen molar-refractivity contribution >= 4 is 35.1 Å². The first-order chi connectivity index (χ1) is 12.0. The largest absolute Gasteiger partial charge is 0.465 e. The molecule has 6 atom stereocenters. The van der Waals surface area contributed by atoms with Crippen LogP contribution in [0.15, 0.2) is 30.4 Å². The minimum Gasteiger partial charge on any atom is -0.465 e. The van der Waals surface area contributed by atoms with Crippen molar-refractivity contribution in [2.45, 2.75) is 6.42 Å². The van der Waals surface area contributed by atoms with Gasteiger partial charge in [0.15, 0.2) is 0 Å². The normalized spacial score (nSPS) is 37.1. The summed E-state index contributed by atoms with van der Waals surface area (Å²) < 4.78 is 4.73. The van der Waals surface area contributed by atoms with Crippen molar-refractivity contribution < 1.29 is 19.1 Å². The molecule has 2 saturated carbocycles. The number of hydrogen-bond donors (Lipinski definition) is 0. The fourth-order valence-corrected chi connectivity index (χ4v) is 5.32. The SMILES string of the molecule is COC(=O)c1cc(N2C(=O)[C@H]3[C@@H]4C=C[C@H]([C@@H]5C[C@H]45)[C@@H]3C2=O)ccc1Cl. The van der Waals surface area contributed by atoms with E-state index in [4.69, 9.17) is 16.3 Å². The maximum absolute atomic E-state index is 13.1.